The van der Waals surface area contributed by atoms with Gasteiger partial charge in [-0.25, -0.2) is 4.39 Å². The molecule has 0 unspecified atom stereocenters. The van der Waals surface area contributed by atoms with Crippen LogP contribution in [0.4, 0.5) is 13.2 Å². The second kappa shape index (κ2) is 2.85. The van der Waals surface area contributed by atoms with Gasteiger partial charge in [-0.1, -0.05) is 0 Å². The van der Waals surface area contributed by atoms with Crippen LogP contribution < -0.4 is 0 Å². The van der Waals surface area contributed by atoms with Gasteiger partial charge in [0.25, 0.3) is 0 Å². The molecule has 1 rings (SSSR count). The van der Waals surface area contributed by atoms with Crippen LogP contribution in [0, 0.1) is 17.5 Å². The number of aromatic hydroxyl groups is 2. The quantitative estimate of drug-likeness (QED) is 0.542. The average Bonchev–Trinajstić information content (AvgIpc) is 2.08. The summed E-state index contributed by atoms with van der Waals surface area (Å²) in [6.45, 7) is 0. The fourth-order valence-corrected chi connectivity index (χ4v) is 0.970. The van der Waals surface area contributed by atoms with E-state index in [1.165, 1.54) is 0 Å². The van der Waals surface area contributed by atoms with E-state index in [9.17, 15) is 13.2 Å². The van der Waals surface area contributed by atoms with E-state index in [-0.39, 0.29) is 0 Å². The molecule has 0 saturated heterocycles. The van der Waals surface area contributed by atoms with Crippen molar-refractivity contribution in [3.63, 3.8) is 0 Å². The van der Waals surface area contributed by atoms with Gasteiger partial charge >= 0.3 is 0 Å². The molecule has 0 heterocycles. The van der Waals surface area contributed by atoms with Gasteiger partial charge in [0.1, 0.15) is 4.47 Å². The second-order valence-corrected chi connectivity index (χ2v) is 2.75. The molecule has 2 N–H and O–H groups in total. The molecule has 1 aromatic carbocycles. The smallest absolute Gasteiger partial charge is 0.207 e. The van der Waals surface area contributed by atoms with Crippen LogP contribution in [0.25, 0.3) is 0 Å². The fourth-order valence-electron chi connectivity index (χ4n) is 0.609. The van der Waals surface area contributed by atoms with Crippen LogP contribution in [-0.2, 0) is 0 Å². The molecule has 0 amide bonds. The minimum atomic E-state index is -1.81. The molecule has 0 atom stereocenters. The highest BCUT2D eigenvalue weighted by molar-refractivity contribution is 9.10. The third-order valence-electron chi connectivity index (χ3n) is 1.22. The summed E-state index contributed by atoms with van der Waals surface area (Å²) in [7, 11) is 0. The topological polar surface area (TPSA) is 40.5 Å². The average molecular weight is 243 g/mol. The standard InChI is InChI=1S/C6H2BrF3O2/c7-1-2(8)6(12)4(10)3(9)5(1)11/h11-12H. The van der Waals surface area contributed by atoms with Crippen molar-refractivity contribution in [2.75, 3.05) is 0 Å². The number of benzene rings is 1. The zero-order chi connectivity index (χ0) is 9.46. The van der Waals surface area contributed by atoms with Crippen molar-refractivity contribution >= 4 is 15.9 Å². The first-order chi connectivity index (χ1) is 5.46. The van der Waals surface area contributed by atoms with Gasteiger partial charge in [-0.15, -0.1) is 0 Å². The lowest BCUT2D eigenvalue weighted by atomic mass is 10.3. The van der Waals surface area contributed by atoms with Gasteiger partial charge in [-0.2, -0.15) is 8.78 Å². The minimum absolute atomic E-state index is 0.709. The molecule has 0 aromatic heterocycles. The molecule has 6 heteroatoms. The summed E-state index contributed by atoms with van der Waals surface area (Å²) >= 11 is 2.42. The van der Waals surface area contributed by atoms with Crippen molar-refractivity contribution in [3.05, 3.63) is 21.9 Å². The lowest BCUT2D eigenvalue weighted by Crippen LogP contribution is -1.91. The summed E-state index contributed by atoms with van der Waals surface area (Å²) in [5.74, 6) is -7.61. The molecular formula is C6H2BrF3O2. The second-order valence-electron chi connectivity index (χ2n) is 1.95. The Labute approximate surface area is 73.4 Å². The van der Waals surface area contributed by atoms with Crippen LogP contribution in [0.3, 0.4) is 0 Å². The maximum Gasteiger partial charge on any atom is 0.207 e. The van der Waals surface area contributed by atoms with Gasteiger partial charge < -0.3 is 10.2 Å². The molecule has 0 aliphatic heterocycles. The number of rotatable bonds is 0. The van der Waals surface area contributed by atoms with Crippen molar-refractivity contribution in [1.29, 1.82) is 0 Å². The van der Waals surface area contributed by atoms with E-state index in [2.05, 4.69) is 15.9 Å². The molecule has 0 aliphatic carbocycles. The van der Waals surface area contributed by atoms with Crippen molar-refractivity contribution in [2.24, 2.45) is 0 Å². The molecule has 1 aromatic rings. The first-order valence-electron chi connectivity index (χ1n) is 2.70. The van der Waals surface area contributed by atoms with E-state index in [4.69, 9.17) is 10.2 Å². The number of hydrogen-bond acceptors (Lipinski definition) is 2. The van der Waals surface area contributed by atoms with E-state index in [0.717, 1.165) is 0 Å². The van der Waals surface area contributed by atoms with E-state index < -0.39 is 33.4 Å². The van der Waals surface area contributed by atoms with Gasteiger partial charge in [0, 0.05) is 0 Å². The van der Waals surface area contributed by atoms with Crippen LogP contribution in [0.2, 0.25) is 0 Å². The third-order valence-corrected chi connectivity index (χ3v) is 1.94. The van der Waals surface area contributed by atoms with Crippen LogP contribution >= 0.6 is 15.9 Å². The Morgan fingerprint density at radius 2 is 1.25 bits per heavy atom. The first-order valence-corrected chi connectivity index (χ1v) is 3.50. The van der Waals surface area contributed by atoms with Gasteiger partial charge in [-0.3, -0.25) is 0 Å². The normalized spacial score (nSPS) is 10.3. The minimum Gasteiger partial charge on any atom is -0.504 e. The number of hydrogen-bond donors (Lipinski definition) is 2. The maximum absolute atomic E-state index is 12.6. The Morgan fingerprint density at radius 1 is 0.833 bits per heavy atom. The summed E-state index contributed by atoms with van der Waals surface area (Å²) in [5, 5.41) is 17.2. The lowest BCUT2D eigenvalue weighted by Gasteiger charge is -2.03. The summed E-state index contributed by atoms with van der Waals surface area (Å²) < 4.78 is 36.7. The lowest BCUT2D eigenvalue weighted by molar-refractivity contribution is 0.348. The number of phenols is 2. The summed E-state index contributed by atoms with van der Waals surface area (Å²) in [4.78, 5) is 0. The molecule has 0 fully saturated rings. The third kappa shape index (κ3) is 1.12. The van der Waals surface area contributed by atoms with Crippen molar-refractivity contribution in [3.8, 4) is 11.5 Å². The highest BCUT2D eigenvalue weighted by atomic mass is 79.9. The molecule has 0 aliphatic rings. The Bertz CT molecular complexity index is 235. The molecule has 0 saturated carbocycles. The molecule has 0 bridgehead atoms. The van der Waals surface area contributed by atoms with Crippen molar-refractivity contribution in [2.45, 2.75) is 0 Å². The van der Waals surface area contributed by atoms with Crippen molar-refractivity contribution in [1.82, 2.24) is 0 Å². The van der Waals surface area contributed by atoms with Crippen LogP contribution in [0.15, 0.2) is 4.47 Å². The summed E-state index contributed by atoms with van der Waals surface area (Å²) in [5.41, 5.74) is 0. The van der Waals surface area contributed by atoms with E-state index >= 15 is 0 Å². The number of phenolic OH excluding ortho intramolecular Hbond substituents is 2. The highest BCUT2D eigenvalue weighted by Gasteiger charge is 2.22. The zero-order valence-corrected chi connectivity index (χ0v) is 6.99. The molecule has 0 radical (unpaired) electrons. The molecule has 2 nitrogen and oxygen atoms in total. The van der Waals surface area contributed by atoms with Gasteiger partial charge in [0.05, 0.1) is 0 Å². The zero-order valence-electron chi connectivity index (χ0n) is 5.41. The first kappa shape index (κ1) is 9.18. The maximum atomic E-state index is 12.6. The molecule has 12 heavy (non-hydrogen) atoms. The Balaban J connectivity index is 3.60. The Hall–Kier alpha value is -0.910. The van der Waals surface area contributed by atoms with E-state index in [1.807, 2.05) is 0 Å². The van der Waals surface area contributed by atoms with Crippen LogP contribution in [0.1, 0.15) is 0 Å². The largest absolute Gasteiger partial charge is 0.504 e. The van der Waals surface area contributed by atoms with E-state index in [1.54, 1.807) is 0 Å². The van der Waals surface area contributed by atoms with Gasteiger partial charge in [-0.05, 0) is 15.9 Å². The highest BCUT2D eigenvalue weighted by Crippen LogP contribution is 2.37. The molecular weight excluding hydrogens is 241 g/mol. The SMILES string of the molecule is Oc1c(F)c(F)c(O)c(Br)c1F. The monoisotopic (exact) mass is 242 g/mol. The predicted molar refractivity (Wildman–Crippen MR) is 37.3 cm³/mol. The Kier molecular flexibility index (Phi) is 2.18. The van der Waals surface area contributed by atoms with E-state index in [0.29, 0.717) is 0 Å². The molecule has 66 valence electrons. The summed E-state index contributed by atoms with van der Waals surface area (Å²) in [6, 6.07) is 0. The van der Waals surface area contributed by atoms with Crippen LogP contribution in [-0.4, -0.2) is 10.2 Å². The summed E-state index contributed by atoms with van der Waals surface area (Å²) in [6.07, 6.45) is 0. The predicted octanol–water partition coefficient (Wildman–Crippen LogP) is 2.28. The van der Waals surface area contributed by atoms with Crippen molar-refractivity contribution < 1.29 is 23.4 Å². The van der Waals surface area contributed by atoms with Gasteiger partial charge in [0.15, 0.2) is 17.3 Å². The van der Waals surface area contributed by atoms with Gasteiger partial charge in [0.2, 0.25) is 11.6 Å². The Morgan fingerprint density at radius 3 is 1.75 bits per heavy atom. The molecule has 0 spiro atoms. The van der Waals surface area contributed by atoms with Crippen LogP contribution in [0.5, 0.6) is 11.5 Å². The number of halogens is 4. The fraction of sp³-hybridized carbons (Fsp3) is 0.